The van der Waals surface area contributed by atoms with E-state index in [1.165, 1.54) is 6.20 Å². The molecule has 0 bridgehead atoms. The summed E-state index contributed by atoms with van der Waals surface area (Å²) in [5, 5.41) is 19.4. The quantitative estimate of drug-likeness (QED) is 0.171. The Morgan fingerprint density at radius 2 is 1.84 bits per heavy atom. The molecule has 0 spiro atoms. The van der Waals surface area contributed by atoms with Crippen molar-refractivity contribution in [2.45, 2.75) is 31.0 Å². The van der Waals surface area contributed by atoms with Crippen molar-refractivity contribution in [2.75, 3.05) is 36.8 Å². The number of aromatic nitrogens is 3. The van der Waals surface area contributed by atoms with E-state index in [-0.39, 0.29) is 44.5 Å². The third kappa shape index (κ3) is 5.73. The fraction of sp³-hybridized carbons (Fsp3) is 0.290. The van der Waals surface area contributed by atoms with E-state index in [9.17, 15) is 24.8 Å². The van der Waals surface area contributed by atoms with Crippen LogP contribution in [0.25, 0.3) is 22.2 Å². The van der Waals surface area contributed by atoms with Crippen molar-refractivity contribution in [1.29, 1.82) is 5.26 Å². The Morgan fingerprint density at radius 1 is 1.14 bits per heavy atom. The molecule has 10 nitrogen and oxygen atoms in total. The van der Waals surface area contributed by atoms with Gasteiger partial charge in [-0.2, -0.15) is 5.26 Å². The van der Waals surface area contributed by atoms with Crippen LogP contribution in [0.2, 0.25) is 5.15 Å². The van der Waals surface area contributed by atoms with Crippen molar-refractivity contribution in [2.24, 2.45) is 0 Å². The number of thioether (sulfide) groups is 1. The Morgan fingerprint density at radius 3 is 2.48 bits per heavy atom. The highest BCUT2D eigenvalue weighted by atomic mass is 35.5. The molecule has 6 rings (SSSR count). The lowest BCUT2D eigenvalue weighted by atomic mass is 10.1. The second-order valence-corrected chi connectivity index (χ2v) is 12.1. The van der Waals surface area contributed by atoms with Gasteiger partial charge in [-0.25, -0.2) is 19.2 Å². The number of carbonyl (C=O) groups is 2. The molecule has 4 aromatic rings. The van der Waals surface area contributed by atoms with Crippen molar-refractivity contribution >= 4 is 51.8 Å². The normalized spacial score (nSPS) is 15.0. The van der Waals surface area contributed by atoms with Gasteiger partial charge in [0.15, 0.2) is 10.3 Å². The van der Waals surface area contributed by atoms with Gasteiger partial charge >= 0.3 is 5.97 Å². The van der Waals surface area contributed by atoms with E-state index in [0.29, 0.717) is 43.1 Å². The summed E-state index contributed by atoms with van der Waals surface area (Å²) in [6.45, 7) is 3.41. The number of carboxylic acids is 1. The van der Waals surface area contributed by atoms with E-state index in [1.807, 2.05) is 36.1 Å². The van der Waals surface area contributed by atoms with Crippen LogP contribution in [-0.4, -0.2) is 68.3 Å². The molecule has 3 heterocycles. The Labute approximate surface area is 260 Å². The summed E-state index contributed by atoms with van der Waals surface area (Å²) in [6.07, 6.45) is 3.07. The number of rotatable bonds is 7. The molecule has 2 aromatic carbocycles. The largest absolute Gasteiger partial charge is 0.477 e. The highest BCUT2D eigenvalue weighted by Crippen LogP contribution is 2.38. The van der Waals surface area contributed by atoms with E-state index >= 15 is 4.39 Å². The third-order valence-electron chi connectivity index (χ3n) is 7.85. The van der Waals surface area contributed by atoms with Gasteiger partial charge < -0.3 is 19.5 Å². The van der Waals surface area contributed by atoms with E-state index < -0.39 is 17.2 Å². The second kappa shape index (κ2) is 11.9. The van der Waals surface area contributed by atoms with Crippen LogP contribution in [0.15, 0.2) is 52.5 Å². The SMILES string of the molecule is Cc1ccc(-c2nc(SCC(=O)N3CCN(c4cc5c(cc4F)c(=O)c(C(=O)O)cn5C4CC4)CC3)nc(Cl)c2C#N)cc1. The minimum atomic E-state index is -1.34. The van der Waals surface area contributed by atoms with Crippen LogP contribution < -0.4 is 10.3 Å². The summed E-state index contributed by atoms with van der Waals surface area (Å²) < 4.78 is 17.1. The molecule has 0 radical (unpaired) electrons. The Balaban J connectivity index is 1.15. The fourth-order valence-corrected chi connectivity index (χ4v) is 6.33. The molecular weight excluding hydrogens is 607 g/mol. The third-order valence-corrected chi connectivity index (χ3v) is 8.96. The molecule has 1 saturated heterocycles. The molecule has 0 atom stereocenters. The number of benzene rings is 2. The van der Waals surface area contributed by atoms with E-state index in [0.717, 1.165) is 41.8 Å². The van der Waals surface area contributed by atoms with Gasteiger partial charge in [0, 0.05) is 49.4 Å². The number of piperazine rings is 1. The number of aryl methyl sites for hydroxylation is 1. The monoisotopic (exact) mass is 632 g/mol. The molecule has 2 fully saturated rings. The van der Waals surface area contributed by atoms with Crippen LogP contribution in [0.1, 0.15) is 40.4 Å². The van der Waals surface area contributed by atoms with Crippen LogP contribution in [0.5, 0.6) is 0 Å². The number of hydrogen-bond acceptors (Lipinski definition) is 8. The first-order valence-corrected chi connectivity index (χ1v) is 15.3. The van der Waals surface area contributed by atoms with Crippen LogP contribution in [0.4, 0.5) is 10.1 Å². The molecule has 1 aliphatic carbocycles. The van der Waals surface area contributed by atoms with Gasteiger partial charge in [0.05, 0.1) is 22.7 Å². The van der Waals surface area contributed by atoms with E-state index in [4.69, 9.17) is 11.6 Å². The summed E-state index contributed by atoms with van der Waals surface area (Å²) in [5.41, 5.74) is 2.07. The molecule has 0 unspecified atom stereocenters. The van der Waals surface area contributed by atoms with E-state index in [2.05, 4.69) is 16.0 Å². The molecule has 1 amide bonds. The van der Waals surface area contributed by atoms with Crippen molar-refractivity contribution in [3.63, 3.8) is 0 Å². The summed E-state index contributed by atoms with van der Waals surface area (Å²) in [4.78, 5) is 49.8. The Bertz CT molecular complexity index is 1910. The molecule has 1 saturated carbocycles. The maximum absolute atomic E-state index is 15.3. The fourth-order valence-electron chi connectivity index (χ4n) is 5.32. The average Bonchev–Trinajstić information content (AvgIpc) is 3.86. The number of nitriles is 1. The lowest BCUT2D eigenvalue weighted by Gasteiger charge is -2.36. The first-order chi connectivity index (χ1) is 21.1. The molecule has 13 heteroatoms. The molecule has 2 aliphatic rings. The number of carbonyl (C=O) groups excluding carboxylic acids is 1. The minimum absolute atomic E-state index is 0.0188. The Hall–Kier alpha value is -4.47. The van der Waals surface area contributed by atoms with Gasteiger partial charge in [0.2, 0.25) is 11.3 Å². The van der Waals surface area contributed by atoms with Gasteiger partial charge in [-0.15, -0.1) is 0 Å². The van der Waals surface area contributed by atoms with E-state index in [1.54, 1.807) is 15.5 Å². The number of amides is 1. The molecule has 1 N–H and O–H groups in total. The van der Waals surface area contributed by atoms with Gasteiger partial charge in [-0.3, -0.25) is 9.59 Å². The number of anilines is 1. The summed E-state index contributed by atoms with van der Waals surface area (Å²) in [7, 11) is 0. The molecule has 2 aromatic heterocycles. The first-order valence-electron chi connectivity index (χ1n) is 14.0. The van der Waals surface area contributed by atoms with Crippen molar-refractivity contribution in [3.8, 4) is 17.3 Å². The van der Waals surface area contributed by atoms with Crippen molar-refractivity contribution < 1.29 is 19.1 Å². The van der Waals surface area contributed by atoms with Crippen molar-refractivity contribution in [3.05, 3.63) is 80.5 Å². The standard InChI is InChI=1S/C31H26ClFN6O4S/c1-17-2-4-18(5-3-17)27-21(14-34)29(32)36-31(35-27)44-16-26(40)38-10-8-37(9-11-38)25-13-24-20(12-23(25)33)28(41)22(30(42)43)15-39(24)19-6-7-19/h2-5,12-13,15,19H,6-11,16H2,1H3,(H,42,43). The number of hydrogen-bond donors (Lipinski definition) is 1. The summed E-state index contributed by atoms with van der Waals surface area (Å²) in [5.74, 6) is -2.04. The number of fused-ring (bicyclic) bond motifs is 1. The smallest absolute Gasteiger partial charge is 0.341 e. The van der Waals surface area contributed by atoms with Gasteiger partial charge in [-0.05, 0) is 31.9 Å². The summed E-state index contributed by atoms with van der Waals surface area (Å²) in [6, 6.07) is 12.4. The predicted molar refractivity (Wildman–Crippen MR) is 165 cm³/mol. The van der Waals surface area contributed by atoms with Crippen molar-refractivity contribution in [1.82, 2.24) is 19.4 Å². The van der Waals surface area contributed by atoms with Gasteiger partial charge in [0.25, 0.3) is 0 Å². The first kappa shape index (κ1) is 29.6. The zero-order chi connectivity index (χ0) is 31.1. The number of halogens is 2. The lowest BCUT2D eigenvalue weighted by Crippen LogP contribution is -2.49. The molecule has 224 valence electrons. The maximum atomic E-state index is 15.3. The minimum Gasteiger partial charge on any atom is -0.477 e. The molecular formula is C31H26ClFN6O4S. The zero-order valence-corrected chi connectivity index (χ0v) is 25.2. The topological polar surface area (TPSA) is 132 Å². The second-order valence-electron chi connectivity index (χ2n) is 10.8. The maximum Gasteiger partial charge on any atom is 0.341 e. The molecule has 44 heavy (non-hydrogen) atoms. The zero-order valence-electron chi connectivity index (χ0n) is 23.6. The van der Waals surface area contributed by atoms with Crippen LogP contribution in [-0.2, 0) is 4.79 Å². The highest BCUT2D eigenvalue weighted by molar-refractivity contribution is 7.99. The Kier molecular flexibility index (Phi) is 8.00. The average molecular weight is 633 g/mol. The van der Waals surface area contributed by atoms with Gasteiger partial charge in [0.1, 0.15) is 23.0 Å². The van der Waals surface area contributed by atoms with Gasteiger partial charge in [-0.1, -0.05) is 53.2 Å². The highest BCUT2D eigenvalue weighted by Gasteiger charge is 2.29. The number of aromatic carboxylic acids is 1. The van der Waals surface area contributed by atoms with Crippen LogP contribution in [0.3, 0.4) is 0 Å². The number of pyridine rings is 1. The number of nitrogens with zero attached hydrogens (tertiary/aromatic N) is 6. The molecule has 1 aliphatic heterocycles. The summed E-state index contributed by atoms with van der Waals surface area (Å²) >= 11 is 7.43. The van der Waals surface area contributed by atoms with Crippen LogP contribution in [0, 0.1) is 24.1 Å². The van der Waals surface area contributed by atoms with Crippen LogP contribution >= 0.6 is 23.4 Å². The predicted octanol–water partition coefficient (Wildman–Crippen LogP) is 4.91. The lowest BCUT2D eigenvalue weighted by molar-refractivity contribution is -0.128. The number of carboxylic acid groups (broad SMARTS) is 1.